The van der Waals surface area contributed by atoms with Crippen LogP contribution >= 0.6 is 11.3 Å². The molecule has 0 N–H and O–H groups in total. The van der Waals surface area contributed by atoms with Crippen LogP contribution in [0.2, 0.25) is 0 Å². The fourth-order valence-electron chi connectivity index (χ4n) is 3.67. The first-order valence-corrected chi connectivity index (χ1v) is 9.98. The summed E-state index contributed by atoms with van der Waals surface area (Å²) < 4.78 is 5.50. The second kappa shape index (κ2) is 6.69. The Morgan fingerprint density at radius 1 is 0.821 bits per heavy atom. The van der Waals surface area contributed by atoms with Crippen molar-refractivity contribution in [3.63, 3.8) is 0 Å². The maximum Gasteiger partial charge on any atom is 0.409 e. The third-order valence-electron chi connectivity index (χ3n) is 5.08. The minimum absolute atomic E-state index is 0.883. The van der Waals surface area contributed by atoms with Crippen LogP contribution in [0.5, 0.6) is 0 Å². The molecule has 0 atom stereocenters. The fourth-order valence-corrected chi connectivity index (χ4v) is 4.64. The normalized spacial score (nSPS) is 11.8. The van der Waals surface area contributed by atoms with Crippen molar-refractivity contribution in [3.8, 4) is 11.3 Å². The molecule has 2 aromatic heterocycles. The lowest BCUT2D eigenvalue weighted by molar-refractivity contribution is -0.627. The summed E-state index contributed by atoms with van der Waals surface area (Å²) in [6.07, 6.45) is 0. The molecule has 5 heteroatoms. The maximum absolute atomic E-state index is 4.75. The average molecular weight is 384 g/mol. The number of thiazole rings is 1. The van der Waals surface area contributed by atoms with E-state index in [9.17, 15) is 0 Å². The van der Waals surface area contributed by atoms with E-state index in [1.54, 1.807) is 11.3 Å². The highest BCUT2D eigenvalue weighted by atomic mass is 32.1. The first-order valence-electron chi connectivity index (χ1n) is 9.16. The molecule has 0 unspecified atom stereocenters. The molecular formula is C23H19N4S+. The van der Waals surface area contributed by atoms with E-state index in [4.69, 9.17) is 5.11 Å². The Balaban J connectivity index is 1.72. The number of hydrogen-bond donors (Lipinski definition) is 0. The van der Waals surface area contributed by atoms with Crippen molar-refractivity contribution in [1.29, 1.82) is 0 Å². The minimum atomic E-state index is 0.883. The maximum atomic E-state index is 4.75. The lowest BCUT2D eigenvalue weighted by Crippen LogP contribution is -2.25. The number of rotatable bonds is 3. The van der Waals surface area contributed by atoms with Crippen LogP contribution in [0.1, 0.15) is 0 Å². The number of nitrogens with zero attached hydrogens (tertiary/aromatic N) is 4. The molecule has 0 amide bonds. The van der Waals surface area contributed by atoms with Gasteiger partial charge >= 0.3 is 5.13 Å². The predicted molar refractivity (Wildman–Crippen MR) is 116 cm³/mol. The van der Waals surface area contributed by atoms with Crippen LogP contribution in [0.25, 0.3) is 32.4 Å². The van der Waals surface area contributed by atoms with Gasteiger partial charge in [-0.2, -0.15) is 0 Å². The molecular weight excluding hydrogens is 364 g/mol. The Hall–Kier alpha value is -3.31. The summed E-state index contributed by atoms with van der Waals surface area (Å²) in [7, 11) is 4.12. The topological polar surface area (TPSA) is 33.5 Å². The number of aromatic nitrogens is 2. The largest absolute Gasteiger partial charge is 0.409 e. The summed E-state index contributed by atoms with van der Waals surface area (Å²) in [4.78, 5) is 0. The Morgan fingerprint density at radius 3 is 2.36 bits per heavy atom. The molecule has 136 valence electrons. The van der Waals surface area contributed by atoms with Gasteiger partial charge in [0.05, 0.1) is 28.1 Å². The Kier molecular flexibility index (Phi) is 4.02. The summed E-state index contributed by atoms with van der Waals surface area (Å²) in [6.45, 7) is 0. The molecule has 5 rings (SSSR count). The highest BCUT2D eigenvalue weighted by Gasteiger charge is 2.20. The number of hydrogen-bond acceptors (Lipinski definition) is 3. The minimum Gasteiger partial charge on any atom is -0.342 e. The average Bonchev–Trinajstić information content (AvgIpc) is 3.22. The zero-order valence-corrected chi connectivity index (χ0v) is 16.5. The smallest absolute Gasteiger partial charge is 0.342 e. The Morgan fingerprint density at radius 2 is 1.54 bits per heavy atom. The van der Waals surface area contributed by atoms with Crippen LogP contribution < -0.4 is 4.57 Å². The Bertz CT molecular complexity index is 1330. The number of azo groups is 1. The second-order valence-corrected chi connectivity index (χ2v) is 7.76. The monoisotopic (exact) mass is 383 g/mol. The van der Waals surface area contributed by atoms with Gasteiger partial charge in [-0.1, -0.05) is 60.7 Å². The molecule has 0 aliphatic rings. The van der Waals surface area contributed by atoms with Crippen molar-refractivity contribution in [1.82, 2.24) is 4.57 Å². The van der Waals surface area contributed by atoms with E-state index in [2.05, 4.69) is 88.0 Å². The van der Waals surface area contributed by atoms with E-state index in [0.29, 0.717) is 0 Å². The van der Waals surface area contributed by atoms with Crippen LogP contribution in [-0.4, -0.2) is 4.57 Å². The Labute approximate surface area is 167 Å². The van der Waals surface area contributed by atoms with Gasteiger partial charge < -0.3 is 4.57 Å². The van der Waals surface area contributed by atoms with Crippen LogP contribution in [0, 0.1) is 0 Å². The van der Waals surface area contributed by atoms with Gasteiger partial charge in [0.25, 0.3) is 0 Å². The van der Waals surface area contributed by atoms with E-state index >= 15 is 0 Å². The van der Waals surface area contributed by atoms with Gasteiger partial charge in [0.1, 0.15) is 11.2 Å². The van der Waals surface area contributed by atoms with E-state index in [-0.39, 0.29) is 0 Å². The highest BCUT2D eigenvalue weighted by Crippen LogP contribution is 2.40. The summed E-state index contributed by atoms with van der Waals surface area (Å²) >= 11 is 1.65. The van der Waals surface area contributed by atoms with Crippen molar-refractivity contribution in [2.24, 2.45) is 24.3 Å². The molecule has 0 fully saturated rings. The molecule has 0 aliphatic heterocycles. The van der Waals surface area contributed by atoms with E-state index < -0.39 is 0 Å². The molecule has 0 radical (unpaired) electrons. The van der Waals surface area contributed by atoms with Crippen molar-refractivity contribution < 1.29 is 4.57 Å². The molecule has 2 heterocycles. The number of benzene rings is 3. The summed E-state index contributed by atoms with van der Waals surface area (Å²) in [6, 6.07) is 27.1. The molecule has 0 aliphatic carbocycles. The molecule has 0 saturated heterocycles. The molecule has 0 spiro atoms. The summed E-state index contributed by atoms with van der Waals surface area (Å²) in [5.74, 6) is 0. The first-order chi connectivity index (χ1) is 13.7. The molecule has 4 nitrogen and oxygen atoms in total. The van der Waals surface area contributed by atoms with Gasteiger partial charge in [-0.3, -0.25) is 0 Å². The predicted octanol–water partition coefficient (Wildman–Crippen LogP) is 6.30. The highest BCUT2D eigenvalue weighted by molar-refractivity contribution is 7.21. The van der Waals surface area contributed by atoms with Crippen LogP contribution in [0.3, 0.4) is 0 Å². The molecule has 3 aromatic carbocycles. The van der Waals surface area contributed by atoms with Gasteiger partial charge in [-0.05, 0) is 34.7 Å². The molecule has 28 heavy (non-hydrogen) atoms. The van der Waals surface area contributed by atoms with Gasteiger partial charge in [-0.25, -0.2) is 4.57 Å². The van der Waals surface area contributed by atoms with Crippen molar-refractivity contribution >= 4 is 43.3 Å². The molecule has 0 saturated carbocycles. The third-order valence-corrected chi connectivity index (χ3v) is 6.18. The zero-order chi connectivity index (χ0) is 19.1. The fraction of sp³-hybridized carbons (Fsp3) is 0.0870. The van der Waals surface area contributed by atoms with Crippen molar-refractivity contribution in [2.45, 2.75) is 0 Å². The van der Waals surface area contributed by atoms with E-state index in [1.165, 1.54) is 10.2 Å². The van der Waals surface area contributed by atoms with Crippen molar-refractivity contribution in [2.75, 3.05) is 0 Å². The SMILES string of the molecule is Cn1c(-c2ccccc2)c(N=Nc2sc3ccccc3[n+]2C)c2ccccc21. The van der Waals surface area contributed by atoms with Gasteiger partial charge in [-0.15, -0.1) is 0 Å². The lowest BCUT2D eigenvalue weighted by atomic mass is 10.1. The van der Waals surface area contributed by atoms with Gasteiger partial charge in [0.15, 0.2) is 0 Å². The van der Waals surface area contributed by atoms with Gasteiger partial charge in [0, 0.05) is 18.0 Å². The van der Waals surface area contributed by atoms with E-state index in [0.717, 1.165) is 33.0 Å². The van der Waals surface area contributed by atoms with Crippen molar-refractivity contribution in [3.05, 3.63) is 78.9 Å². The van der Waals surface area contributed by atoms with Crippen LogP contribution in [-0.2, 0) is 14.1 Å². The quantitative estimate of drug-likeness (QED) is 0.259. The summed E-state index contributed by atoms with van der Waals surface area (Å²) in [5, 5.41) is 11.4. The zero-order valence-electron chi connectivity index (χ0n) is 15.7. The van der Waals surface area contributed by atoms with E-state index in [1.807, 2.05) is 19.2 Å². The first kappa shape index (κ1) is 16.8. The van der Waals surface area contributed by atoms with Crippen LogP contribution in [0.4, 0.5) is 10.8 Å². The molecule has 5 aromatic rings. The molecule has 0 bridgehead atoms. The third kappa shape index (κ3) is 2.63. The standard InChI is InChI=1S/C23H19N4S/c1-26-18-13-7-6-12-17(18)21(22(26)16-10-4-3-5-11-16)24-25-23-27(2)19-14-8-9-15-20(19)28-23/h3-15H,1-2H3/q+1. The number of para-hydroxylation sites is 2. The second-order valence-electron chi connectivity index (χ2n) is 6.75. The number of fused-ring (bicyclic) bond motifs is 2. The summed E-state index contributed by atoms with van der Waals surface area (Å²) in [5.41, 5.74) is 5.44. The number of aryl methyl sites for hydroxylation is 2. The van der Waals surface area contributed by atoms with Gasteiger partial charge in [0.2, 0.25) is 0 Å². The lowest BCUT2D eigenvalue weighted by Gasteiger charge is -2.04. The van der Waals surface area contributed by atoms with Crippen LogP contribution in [0.15, 0.2) is 89.1 Å².